The molecule has 2 N–H and O–H groups in total. The molecule has 2 aliphatic rings. The Balaban J connectivity index is 1.94. The predicted molar refractivity (Wildman–Crippen MR) is 69.0 cm³/mol. The Kier molecular flexibility index (Phi) is 4.78. The van der Waals surface area contributed by atoms with Crippen molar-refractivity contribution in [1.82, 2.24) is 20.8 Å². The summed E-state index contributed by atoms with van der Waals surface area (Å²) in [5, 5.41) is 1.40. The maximum atomic E-state index is 12.2. The van der Waals surface area contributed by atoms with E-state index in [2.05, 4.69) is 17.8 Å². The normalized spacial score (nSPS) is 24.8. The Morgan fingerprint density at radius 2 is 2.30 bits per heavy atom. The number of urea groups is 1. The van der Waals surface area contributed by atoms with Crippen molar-refractivity contribution in [2.75, 3.05) is 13.2 Å². The van der Waals surface area contributed by atoms with E-state index >= 15 is 0 Å². The third-order valence-electron chi connectivity index (χ3n) is 3.61. The van der Waals surface area contributed by atoms with Gasteiger partial charge < -0.3 is 4.90 Å². The molecule has 0 aromatic carbocycles. The van der Waals surface area contributed by atoms with Gasteiger partial charge in [-0.1, -0.05) is 13.3 Å². The van der Waals surface area contributed by atoms with Crippen LogP contribution in [0.5, 0.6) is 0 Å². The minimum atomic E-state index is -0.550. The molecule has 0 spiro atoms. The molecule has 2 fully saturated rings. The predicted octanol–water partition coefficient (Wildman–Crippen LogP) is -0.236. The third-order valence-corrected chi connectivity index (χ3v) is 3.61. The van der Waals surface area contributed by atoms with Crippen molar-refractivity contribution in [3.63, 3.8) is 0 Å². The van der Waals surface area contributed by atoms with Crippen molar-refractivity contribution in [2.45, 2.75) is 44.7 Å². The van der Waals surface area contributed by atoms with Crippen LogP contribution in [-0.4, -0.2) is 53.5 Å². The van der Waals surface area contributed by atoms with Crippen LogP contribution in [0.2, 0.25) is 0 Å². The Morgan fingerprint density at radius 1 is 1.50 bits per heavy atom. The average Bonchev–Trinajstić information content (AvgIpc) is 2.70. The highest BCUT2D eigenvalue weighted by molar-refractivity contribution is 5.88. The number of nitrogens with one attached hydrogen (secondary N) is 2. The standard InChI is InChI=1S/C12H20N4O4/c1-2-3-6-20-16-9-4-5-10(11(18)14-13-8-17)15(7-9)12(16)19/h8-10H,2-7H2,1H3,(H,13,17)(H,14,18)/t9-,10-/m0/s1. The summed E-state index contributed by atoms with van der Waals surface area (Å²) in [6.07, 6.45) is 3.56. The summed E-state index contributed by atoms with van der Waals surface area (Å²) < 4.78 is 0. The van der Waals surface area contributed by atoms with Crippen molar-refractivity contribution < 1.29 is 19.2 Å². The van der Waals surface area contributed by atoms with Crippen LogP contribution < -0.4 is 10.9 Å². The molecule has 0 aliphatic carbocycles. The number of amides is 4. The summed E-state index contributed by atoms with van der Waals surface area (Å²) in [6, 6.07) is -0.803. The Labute approximate surface area is 117 Å². The fourth-order valence-corrected chi connectivity index (χ4v) is 2.56. The highest BCUT2D eigenvalue weighted by atomic mass is 16.7. The molecule has 2 rings (SSSR count). The maximum Gasteiger partial charge on any atom is 0.345 e. The van der Waals surface area contributed by atoms with Gasteiger partial charge in [-0.15, -0.1) is 0 Å². The number of nitrogens with zero attached hydrogens (tertiary/aromatic N) is 2. The fraction of sp³-hybridized carbons (Fsp3) is 0.750. The largest absolute Gasteiger partial charge is 0.345 e. The lowest BCUT2D eigenvalue weighted by molar-refractivity contribution is -0.131. The highest BCUT2D eigenvalue weighted by Gasteiger charge is 2.47. The van der Waals surface area contributed by atoms with Gasteiger partial charge in [0.15, 0.2) is 0 Å². The van der Waals surface area contributed by atoms with E-state index in [4.69, 9.17) is 4.84 Å². The van der Waals surface area contributed by atoms with Gasteiger partial charge in [-0.2, -0.15) is 5.06 Å². The number of piperidine rings is 1. The zero-order valence-corrected chi connectivity index (χ0v) is 11.5. The SMILES string of the molecule is CCCCON1C(=O)N2C[C@@H]1CC[C@H]2C(=O)NNC=O. The highest BCUT2D eigenvalue weighted by Crippen LogP contribution is 2.30. The molecular weight excluding hydrogens is 264 g/mol. The Morgan fingerprint density at radius 3 is 3.00 bits per heavy atom. The van der Waals surface area contributed by atoms with Gasteiger partial charge in [0.2, 0.25) is 6.41 Å². The van der Waals surface area contributed by atoms with Gasteiger partial charge in [0, 0.05) is 6.54 Å². The molecule has 0 unspecified atom stereocenters. The van der Waals surface area contributed by atoms with E-state index in [1.54, 1.807) is 0 Å². The van der Waals surface area contributed by atoms with Crippen LogP contribution in [0.3, 0.4) is 0 Å². The van der Waals surface area contributed by atoms with Gasteiger partial charge in [-0.25, -0.2) is 4.79 Å². The number of unbranched alkanes of at least 4 members (excludes halogenated alkanes) is 1. The lowest BCUT2D eigenvalue weighted by Gasteiger charge is -2.28. The molecule has 4 amide bonds. The first-order valence-corrected chi connectivity index (χ1v) is 6.90. The number of carbonyl (C=O) groups excluding carboxylic acids is 3. The van der Waals surface area contributed by atoms with Crippen molar-refractivity contribution in [1.29, 1.82) is 0 Å². The number of hydrogen-bond donors (Lipinski definition) is 2. The van der Waals surface area contributed by atoms with Crippen LogP contribution in [0.15, 0.2) is 0 Å². The molecule has 8 heteroatoms. The zero-order chi connectivity index (χ0) is 14.5. The van der Waals surface area contributed by atoms with E-state index < -0.39 is 6.04 Å². The third kappa shape index (κ3) is 2.84. The number of rotatable bonds is 7. The molecule has 2 heterocycles. The number of hydrogen-bond acceptors (Lipinski definition) is 4. The molecule has 0 radical (unpaired) electrons. The van der Waals surface area contributed by atoms with E-state index in [0.29, 0.717) is 32.4 Å². The second-order valence-corrected chi connectivity index (χ2v) is 4.95. The number of hydroxylamine groups is 2. The molecule has 112 valence electrons. The van der Waals surface area contributed by atoms with Gasteiger partial charge in [0.25, 0.3) is 5.91 Å². The van der Waals surface area contributed by atoms with E-state index in [1.807, 2.05) is 0 Å². The second kappa shape index (κ2) is 6.56. The van der Waals surface area contributed by atoms with Crippen LogP contribution in [-0.2, 0) is 14.4 Å². The van der Waals surface area contributed by atoms with Crippen molar-refractivity contribution in [2.24, 2.45) is 0 Å². The van der Waals surface area contributed by atoms with Crippen molar-refractivity contribution in [3.8, 4) is 0 Å². The van der Waals surface area contributed by atoms with E-state index in [1.165, 1.54) is 9.96 Å². The first-order valence-electron chi connectivity index (χ1n) is 6.90. The molecule has 2 atom stereocenters. The number of fused-ring (bicyclic) bond motifs is 2. The van der Waals surface area contributed by atoms with E-state index in [-0.39, 0.29) is 18.0 Å². The topological polar surface area (TPSA) is 91.0 Å². The van der Waals surface area contributed by atoms with Crippen LogP contribution in [0.1, 0.15) is 32.6 Å². The molecule has 2 aliphatic heterocycles. The molecule has 20 heavy (non-hydrogen) atoms. The lowest BCUT2D eigenvalue weighted by Crippen LogP contribution is -2.52. The van der Waals surface area contributed by atoms with Gasteiger partial charge in [-0.3, -0.25) is 25.3 Å². The van der Waals surface area contributed by atoms with Crippen LogP contribution in [0, 0.1) is 0 Å². The molecule has 2 bridgehead atoms. The van der Waals surface area contributed by atoms with E-state index in [0.717, 1.165) is 12.8 Å². The first-order chi connectivity index (χ1) is 9.69. The number of hydrazine groups is 1. The monoisotopic (exact) mass is 284 g/mol. The molecule has 0 aromatic rings. The van der Waals surface area contributed by atoms with Crippen LogP contribution >= 0.6 is 0 Å². The van der Waals surface area contributed by atoms with E-state index in [9.17, 15) is 14.4 Å². The number of carbonyl (C=O) groups is 3. The summed E-state index contributed by atoms with van der Waals surface area (Å²) >= 11 is 0. The summed E-state index contributed by atoms with van der Waals surface area (Å²) in [5.74, 6) is -0.376. The zero-order valence-electron chi connectivity index (χ0n) is 11.5. The van der Waals surface area contributed by atoms with Crippen molar-refractivity contribution >= 4 is 18.3 Å². The van der Waals surface area contributed by atoms with Crippen LogP contribution in [0.25, 0.3) is 0 Å². The lowest BCUT2D eigenvalue weighted by atomic mass is 10.0. The second-order valence-electron chi connectivity index (χ2n) is 4.95. The molecule has 0 aromatic heterocycles. The molecule has 8 nitrogen and oxygen atoms in total. The minimum absolute atomic E-state index is 0.0161. The van der Waals surface area contributed by atoms with Gasteiger partial charge in [0.05, 0.1) is 12.6 Å². The average molecular weight is 284 g/mol. The Bertz CT molecular complexity index is 390. The molecular formula is C12H20N4O4. The van der Waals surface area contributed by atoms with Gasteiger partial charge >= 0.3 is 6.03 Å². The quantitative estimate of drug-likeness (QED) is 0.383. The summed E-state index contributed by atoms with van der Waals surface area (Å²) in [6.45, 7) is 3.05. The van der Waals surface area contributed by atoms with Gasteiger partial charge in [-0.05, 0) is 19.3 Å². The minimum Gasteiger partial charge on any atom is -0.309 e. The van der Waals surface area contributed by atoms with Crippen molar-refractivity contribution in [3.05, 3.63) is 0 Å². The van der Waals surface area contributed by atoms with Gasteiger partial charge in [0.1, 0.15) is 6.04 Å². The Hall–Kier alpha value is -1.83. The summed E-state index contributed by atoms with van der Waals surface area (Å²) in [7, 11) is 0. The fourth-order valence-electron chi connectivity index (χ4n) is 2.56. The summed E-state index contributed by atoms with van der Waals surface area (Å²) in [4.78, 5) is 41.3. The first kappa shape index (κ1) is 14.6. The maximum absolute atomic E-state index is 12.2. The van der Waals surface area contributed by atoms with Crippen LogP contribution in [0.4, 0.5) is 4.79 Å². The molecule has 0 saturated carbocycles. The molecule has 2 saturated heterocycles. The smallest absolute Gasteiger partial charge is 0.309 e. The summed E-state index contributed by atoms with van der Waals surface area (Å²) in [5.41, 5.74) is 4.37.